The maximum absolute atomic E-state index is 2.59. The van der Waals surface area contributed by atoms with Crippen LogP contribution in [0.2, 0.25) is 0 Å². The first-order valence-corrected chi connectivity index (χ1v) is 8.27. The molecule has 0 radical (unpaired) electrons. The molecule has 0 bridgehead atoms. The van der Waals surface area contributed by atoms with Crippen LogP contribution in [-0.2, 0) is 5.54 Å². The van der Waals surface area contributed by atoms with Crippen molar-refractivity contribution in [1.29, 1.82) is 0 Å². The van der Waals surface area contributed by atoms with E-state index in [0.717, 1.165) is 6.54 Å². The van der Waals surface area contributed by atoms with Crippen LogP contribution in [-0.4, -0.2) is 17.5 Å². The molecule has 1 saturated heterocycles. The van der Waals surface area contributed by atoms with Crippen LogP contribution >= 0.6 is 0 Å². The van der Waals surface area contributed by atoms with Gasteiger partial charge >= 0.3 is 0 Å². The third-order valence-corrected chi connectivity index (χ3v) is 4.86. The van der Waals surface area contributed by atoms with Gasteiger partial charge in [-0.3, -0.25) is 4.90 Å². The maximum Gasteiger partial charge on any atom is 0.0976 e. The number of rotatable bonds is 4. The van der Waals surface area contributed by atoms with E-state index in [0.29, 0.717) is 6.04 Å². The maximum atomic E-state index is 2.59. The lowest BCUT2D eigenvalue weighted by Crippen LogP contribution is -2.38. The predicted octanol–water partition coefficient (Wildman–Crippen LogP) is 4.68. The fourth-order valence-corrected chi connectivity index (χ4v) is 3.74. The van der Waals surface area contributed by atoms with Crippen molar-refractivity contribution in [1.82, 2.24) is 4.90 Å². The van der Waals surface area contributed by atoms with E-state index in [-0.39, 0.29) is 5.54 Å². The quantitative estimate of drug-likeness (QED) is 0.499. The Balaban J connectivity index is 2.03. The molecule has 3 aromatic carbocycles. The van der Waals surface area contributed by atoms with Gasteiger partial charge in [0.2, 0.25) is 0 Å². The largest absolute Gasteiger partial charge is 0.281 e. The van der Waals surface area contributed by atoms with Gasteiger partial charge in [-0.1, -0.05) is 91.0 Å². The topological polar surface area (TPSA) is 3.01 Å². The van der Waals surface area contributed by atoms with Gasteiger partial charge in [-0.2, -0.15) is 0 Å². The lowest BCUT2D eigenvalue weighted by molar-refractivity contribution is 0.326. The van der Waals surface area contributed by atoms with Gasteiger partial charge in [0.05, 0.1) is 5.54 Å². The molecule has 1 aliphatic heterocycles. The van der Waals surface area contributed by atoms with Crippen molar-refractivity contribution < 1.29 is 0 Å². The molecule has 0 N–H and O–H groups in total. The van der Waals surface area contributed by atoms with Crippen LogP contribution in [0.4, 0.5) is 0 Å². The lowest BCUT2D eigenvalue weighted by atomic mass is 9.76. The Morgan fingerprint density at radius 1 is 0.652 bits per heavy atom. The molecule has 0 aromatic heterocycles. The van der Waals surface area contributed by atoms with Gasteiger partial charge in [0.1, 0.15) is 0 Å². The molecule has 0 amide bonds. The molecule has 3 aromatic rings. The number of hydrogen-bond donors (Lipinski definition) is 0. The summed E-state index contributed by atoms with van der Waals surface area (Å²) in [4.78, 5) is 2.59. The normalized spacial score (nSPS) is 20.2. The third-order valence-electron chi connectivity index (χ3n) is 4.86. The molecule has 23 heavy (non-hydrogen) atoms. The smallest absolute Gasteiger partial charge is 0.0976 e. The van der Waals surface area contributed by atoms with Gasteiger partial charge in [0, 0.05) is 12.6 Å². The highest BCUT2D eigenvalue weighted by molar-refractivity contribution is 5.51. The summed E-state index contributed by atoms with van der Waals surface area (Å²) in [5, 5.41) is 0. The fourth-order valence-electron chi connectivity index (χ4n) is 3.74. The van der Waals surface area contributed by atoms with E-state index in [2.05, 4.69) is 103 Å². The van der Waals surface area contributed by atoms with Crippen LogP contribution in [0.5, 0.6) is 0 Å². The average molecular weight is 299 g/mol. The highest BCUT2D eigenvalue weighted by Crippen LogP contribution is 2.47. The highest BCUT2D eigenvalue weighted by Gasteiger charge is 2.50. The fraction of sp³-hybridized carbons (Fsp3) is 0.182. The first kappa shape index (κ1) is 14.2. The van der Waals surface area contributed by atoms with Gasteiger partial charge in [0.25, 0.3) is 0 Å². The molecule has 4 rings (SSSR count). The second kappa shape index (κ2) is 5.68. The van der Waals surface area contributed by atoms with Gasteiger partial charge in [0.15, 0.2) is 0 Å². The second-order valence-corrected chi connectivity index (χ2v) is 6.31. The van der Waals surface area contributed by atoms with Gasteiger partial charge < -0.3 is 0 Å². The van der Waals surface area contributed by atoms with E-state index in [1.165, 1.54) is 16.7 Å². The van der Waals surface area contributed by atoms with Crippen molar-refractivity contribution in [2.75, 3.05) is 6.54 Å². The van der Waals surface area contributed by atoms with Crippen LogP contribution in [0.15, 0.2) is 91.0 Å². The molecule has 0 aliphatic carbocycles. The third kappa shape index (κ3) is 2.29. The summed E-state index contributed by atoms with van der Waals surface area (Å²) in [7, 11) is 0. The number of hydrogen-bond acceptors (Lipinski definition) is 1. The summed E-state index contributed by atoms with van der Waals surface area (Å²) >= 11 is 0. The highest BCUT2D eigenvalue weighted by atomic mass is 15.4. The minimum Gasteiger partial charge on any atom is -0.281 e. The van der Waals surface area contributed by atoms with Gasteiger partial charge in [-0.15, -0.1) is 0 Å². The molecule has 1 aliphatic rings. The first-order valence-electron chi connectivity index (χ1n) is 8.27. The van der Waals surface area contributed by atoms with E-state index in [1.54, 1.807) is 0 Å². The SMILES string of the molecule is C[C@@H]1CN1C(c1ccccc1)(c1ccccc1)c1ccccc1. The molecule has 0 spiro atoms. The van der Waals surface area contributed by atoms with Crippen molar-refractivity contribution in [3.8, 4) is 0 Å². The summed E-state index contributed by atoms with van der Waals surface area (Å²) in [5.41, 5.74) is 3.80. The van der Waals surface area contributed by atoms with Crippen LogP contribution in [0.1, 0.15) is 23.6 Å². The van der Waals surface area contributed by atoms with Crippen LogP contribution in [0.25, 0.3) is 0 Å². The zero-order chi connectivity index (χ0) is 15.7. The van der Waals surface area contributed by atoms with E-state index < -0.39 is 0 Å². The zero-order valence-electron chi connectivity index (χ0n) is 13.4. The molecule has 1 fully saturated rings. The molecular formula is C22H21N. The summed E-state index contributed by atoms with van der Waals surface area (Å²) in [6, 6.07) is 33.3. The lowest BCUT2D eigenvalue weighted by Gasteiger charge is -2.38. The Labute approximate surface area is 138 Å². The van der Waals surface area contributed by atoms with E-state index in [4.69, 9.17) is 0 Å². The summed E-state index contributed by atoms with van der Waals surface area (Å²) in [6.45, 7) is 3.43. The Morgan fingerprint density at radius 2 is 0.957 bits per heavy atom. The van der Waals surface area contributed by atoms with Crippen molar-refractivity contribution in [3.63, 3.8) is 0 Å². The van der Waals surface area contributed by atoms with Crippen molar-refractivity contribution in [3.05, 3.63) is 108 Å². The van der Waals surface area contributed by atoms with Crippen molar-refractivity contribution in [2.24, 2.45) is 0 Å². The Kier molecular flexibility index (Phi) is 3.51. The number of benzene rings is 3. The molecule has 1 unspecified atom stereocenters. The average Bonchev–Trinajstić information content (AvgIpc) is 3.35. The van der Waals surface area contributed by atoms with E-state index in [1.807, 2.05) is 0 Å². The standard InChI is InChI=1S/C22H21N/c1-18-17-23(18)22(19-11-5-2-6-12-19,20-13-7-3-8-14-20)21-15-9-4-10-16-21/h2-16,18H,17H2,1H3/t18-,23?/m1/s1. The molecule has 1 heteroatoms. The monoisotopic (exact) mass is 299 g/mol. The molecule has 1 heterocycles. The molecule has 114 valence electrons. The summed E-state index contributed by atoms with van der Waals surface area (Å²) in [6.07, 6.45) is 0. The molecular weight excluding hydrogens is 278 g/mol. The second-order valence-electron chi connectivity index (χ2n) is 6.31. The zero-order valence-corrected chi connectivity index (χ0v) is 13.4. The van der Waals surface area contributed by atoms with Gasteiger partial charge in [-0.25, -0.2) is 0 Å². The Morgan fingerprint density at radius 3 is 1.22 bits per heavy atom. The minimum absolute atomic E-state index is 0.205. The van der Waals surface area contributed by atoms with Crippen LogP contribution in [0, 0.1) is 0 Å². The Bertz CT molecular complexity index is 668. The van der Waals surface area contributed by atoms with Gasteiger partial charge in [-0.05, 0) is 23.6 Å². The van der Waals surface area contributed by atoms with E-state index >= 15 is 0 Å². The van der Waals surface area contributed by atoms with Crippen molar-refractivity contribution >= 4 is 0 Å². The summed E-state index contributed by atoms with van der Waals surface area (Å²) in [5.74, 6) is 0. The Hall–Kier alpha value is -2.38. The van der Waals surface area contributed by atoms with Crippen molar-refractivity contribution in [2.45, 2.75) is 18.5 Å². The van der Waals surface area contributed by atoms with E-state index in [9.17, 15) is 0 Å². The molecule has 0 saturated carbocycles. The first-order chi connectivity index (χ1) is 11.3. The number of nitrogens with zero attached hydrogens (tertiary/aromatic N) is 1. The molecule has 1 nitrogen and oxygen atoms in total. The van der Waals surface area contributed by atoms with Crippen LogP contribution < -0.4 is 0 Å². The minimum atomic E-state index is -0.205. The van der Waals surface area contributed by atoms with Crippen LogP contribution in [0.3, 0.4) is 0 Å². The molecule has 2 atom stereocenters. The predicted molar refractivity (Wildman–Crippen MR) is 95.4 cm³/mol. The summed E-state index contributed by atoms with van der Waals surface area (Å²) < 4.78 is 0.